The van der Waals surface area contributed by atoms with Gasteiger partial charge in [0.25, 0.3) is 0 Å². The van der Waals surface area contributed by atoms with Crippen molar-refractivity contribution < 1.29 is 9.53 Å². The number of benzene rings is 1. The van der Waals surface area contributed by atoms with Crippen LogP contribution >= 0.6 is 0 Å². The lowest BCUT2D eigenvalue weighted by Crippen LogP contribution is -2.33. The van der Waals surface area contributed by atoms with E-state index in [2.05, 4.69) is 36.6 Å². The molecule has 0 unspecified atom stereocenters. The number of carbonyl (C=O) groups excluding carboxylic acids is 1. The summed E-state index contributed by atoms with van der Waals surface area (Å²) >= 11 is 0. The third kappa shape index (κ3) is 7.26. The van der Waals surface area contributed by atoms with E-state index >= 15 is 0 Å². The number of amides is 1. The molecule has 0 spiro atoms. The first kappa shape index (κ1) is 16.7. The first-order valence-corrected chi connectivity index (χ1v) is 7.06. The maximum Gasteiger partial charge on any atom is 0.222 e. The molecular formula is C16H26N2O2. The van der Waals surface area contributed by atoms with Crippen molar-refractivity contribution in [1.82, 2.24) is 10.6 Å². The Morgan fingerprint density at radius 3 is 2.60 bits per heavy atom. The van der Waals surface area contributed by atoms with Crippen LogP contribution in [0.2, 0.25) is 0 Å². The van der Waals surface area contributed by atoms with Gasteiger partial charge in [0.05, 0.1) is 13.2 Å². The number of nitrogens with one attached hydrogen (secondary N) is 2. The van der Waals surface area contributed by atoms with Crippen LogP contribution in [-0.4, -0.2) is 32.7 Å². The highest BCUT2D eigenvalue weighted by atomic mass is 16.5. The Kier molecular flexibility index (Phi) is 7.26. The van der Waals surface area contributed by atoms with Crippen LogP contribution in [0.15, 0.2) is 30.3 Å². The maximum absolute atomic E-state index is 11.1. The van der Waals surface area contributed by atoms with Crippen LogP contribution in [0.3, 0.4) is 0 Å². The predicted molar refractivity (Wildman–Crippen MR) is 81.4 cm³/mol. The number of ether oxygens (including phenoxy) is 1. The van der Waals surface area contributed by atoms with E-state index in [0.29, 0.717) is 19.6 Å². The minimum absolute atomic E-state index is 0.0185. The van der Waals surface area contributed by atoms with Gasteiger partial charge in [-0.2, -0.15) is 0 Å². The Bertz CT molecular complexity index is 391. The van der Waals surface area contributed by atoms with E-state index < -0.39 is 0 Å². The van der Waals surface area contributed by atoms with E-state index in [1.165, 1.54) is 5.56 Å². The molecule has 0 aromatic heterocycles. The number of hydrogen-bond acceptors (Lipinski definition) is 3. The molecule has 0 radical (unpaired) electrons. The van der Waals surface area contributed by atoms with Crippen molar-refractivity contribution in [2.24, 2.45) is 5.41 Å². The van der Waals surface area contributed by atoms with Crippen molar-refractivity contribution in [3.8, 4) is 0 Å². The lowest BCUT2D eigenvalue weighted by atomic mass is 9.95. The molecule has 2 N–H and O–H groups in total. The maximum atomic E-state index is 11.1. The summed E-state index contributed by atoms with van der Waals surface area (Å²) in [5.74, 6) is 0.0185. The van der Waals surface area contributed by atoms with Crippen LogP contribution in [0.1, 0.15) is 25.8 Å². The number of carbonyl (C=O) groups is 1. The molecule has 1 amide bonds. The minimum atomic E-state index is 0.0185. The van der Waals surface area contributed by atoms with Gasteiger partial charge in [-0.25, -0.2) is 0 Å². The number of rotatable bonds is 9. The molecule has 0 saturated heterocycles. The van der Waals surface area contributed by atoms with Gasteiger partial charge in [0, 0.05) is 32.0 Å². The average molecular weight is 278 g/mol. The fourth-order valence-electron chi connectivity index (χ4n) is 1.83. The highest BCUT2D eigenvalue weighted by molar-refractivity contribution is 5.75. The summed E-state index contributed by atoms with van der Waals surface area (Å²) in [6, 6.07) is 10.3. The molecule has 1 aromatic rings. The van der Waals surface area contributed by atoms with Gasteiger partial charge >= 0.3 is 0 Å². The largest absolute Gasteiger partial charge is 0.380 e. The SMILES string of the molecule is CNC(=O)CCOCC(C)(C)CNCc1ccccc1. The predicted octanol–water partition coefficient (Wildman–Crippen LogP) is 1.96. The molecule has 1 rings (SSSR count). The Morgan fingerprint density at radius 1 is 1.25 bits per heavy atom. The molecular weight excluding hydrogens is 252 g/mol. The smallest absolute Gasteiger partial charge is 0.222 e. The topological polar surface area (TPSA) is 50.4 Å². The molecule has 0 bridgehead atoms. The van der Waals surface area contributed by atoms with Crippen LogP contribution in [0.4, 0.5) is 0 Å². The quantitative estimate of drug-likeness (QED) is 0.679. The van der Waals surface area contributed by atoms with Gasteiger partial charge in [0.1, 0.15) is 0 Å². The standard InChI is InChI=1S/C16H26N2O2/c1-16(2,13-20-10-9-15(19)17-3)12-18-11-14-7-5-4-6-8-14/h4-8,18H,9-13H2,1-3H3,(H,17,19). The van der Waals surface area contributed by atoms with E-state index in [1.54, 1.807) is 7.05 Å². The van der Waals surface area contributed by atoms with Crippen LogP contribution < -0.4 is 10.6 Å². The highest BCUT2D eigenvalue weighted by Gasteiger charge is 2.17. The van der Waals surface area contributed by atoms with Crippen LogP contribution in [0.25, 0.3) is 0 Å². The van der Waals surface area contributed by atoms with Crippen LogP contribution in [-0.2, 0) is 16.1 Å². The summed E-state index contributed by atoms with van der Waals surface area (Å²) < 4.78 is 5.57. The zero-order chi connectivity index (χ0) is 14.8. The fraction of sp³-hybridized carbons (Fsp3) is 0.562. The van der Waals surface area contributed by atoms with Gasteiger partial charge in [0.2, 0.25) is 5.91 Å². The lowest BCUT2D eigenvalue weighted by Gasteiger charge is -2.25. The molecule has 20 heavy (non-hydrogen) atoms. The Labute approximate surface area is 121 Å². The molecule has 112 valence electrons. The van der Waals surface area contributed by atoms with E-state index in [4.69, 9.17) is 4.74 Å². The van der Waals surface area contributed by atoms with Crippen LogP contribution in [0.5, 0.6) is 0 Å². The Hall–Kier alpha value is -1.39. The minimum Gasteiger partial charge on any atom is -0.380 e. The first-order valence-electron chi connectivity index (χ1n) is 7.06. The van der Waals surface area contributed by atoms with Crippen molar-refractivity contribution in [2.45, 2.75) is 26.8 Å². The molecule has 0 aliphatic carbocycles. The number of hydrogen-bond donors (Lipinski definition) is 2. The Balaban J connectivity index is 2.16. The first-order chi connectivity index (χ1) is 9.53. The lowest BCUT2D eigenvalue weighted by molar-refractivity contribution is -0.121. The molecule has 4 nitrogen and oxygen atoms in total. The van der Waals surface area contributed by atoms with E-state index in [9.17, 15) is 4.79 Å². The molecule has 0 aliphatic heterocycles. The summed E-state index contributed by atoms with van der Waals surface area (Å²) in [5.41, 5.74) is 1.33. The summed E-state index contributed by atoms with van der Waals surface area (Å²) in [5, 5.41) is 6.03. The molecule has 0 heterocycles. The zero-order valence-electron chi connectivity index (χ0n) is 12.7. The third-order valence-corrected chi connectivity index (χ3v) is 3.02. The van der Waals surface area contributed by atoms with E-state index in [0.717, 1.165) is 13.1 Å². The third-order valence-electron chi connectivity index (χ3n) is 3.02. The molecule has 0 aliphatic rings. The van der Waals surface area contributed by atoms with Gasteiger partial charge in [-0.3, -0.25) is 4.79 Å². The normalized spacial score (nSPS) is 11.3. The second kappa shape index (κ2) is 8.72. The van der Waals surface area contributed by atoms with Gasteiger partial charge in [-0.1, -0.05) is 44.2 Å². The molecule has 0 atom stereocenters. The van der Waals surface area contributed by atoms with Gasteiger partial charge in [-0.05, 0) is 5.56 Å². The molecule has 0 saturated carbocycles. The second-order valence-corrected chi connectivity index (χ2v) is 5.73. The van der Waals surface area contributed by atoms with Crippen molar-refractivity contribution in [3.05, 3.63) is 35.9 Å². The van der Waals surface area contributed by atoms with Crippen molar-refractivity contribution in [1.29, 1.82) is 0 Å². The van der Waals surface area contributed by atoms with Crippen molar-refractivity contribution in [2.75, 3.05) is 26.8 Å². The van der Waals surface area contributed by atoms with Crippen molar-refractivity contribution >= 4 is 5.91 Å². The van der Waals surface area contributed by atoms with E-state index in [1.807, 2.05) is 18.2 Å². The van der Waals surface area contributed by atoms with E-state index in [-0.39, 0.29) is 11.3 Å². The second-order valence-electron chi connectivity index (χ2n) is 5.73. The summed E-state index contributed by atoms with van der Waals surface area (Å²) in [6.07, 6.45) is 0.421. The average Bonchev–Trinajstić information content (AvgIpc) is 2.44. The van der Waals surface area contributed by atoms with Gasteiger partial charge < -0.3 is 15.4 Å². The highest BCUT2D eigenvalue weighted by Crippen LogP contribution is 2.14. The monoisotopic (exact) mass is 278 g/mol. The van der Waals surface area contributed by atoms with Gasteiger partial charge in [-0.15, -0.1) is 0 Å². The van der Waals surface area contributed by atoms with Crippen LogP contribution in [0, 0.1) is 5.41 Å². The fourth-order valence-corrected chi connectivity index (χ4v) is 1.83. The summed E-state index contributed by atoms with van der Waals surface area (Å²) in [4.78, 5) is 11.1. The Morgan fingerprint density at radius 2 is 1.95 bits per heavy atom. The van der Waals surface area contributed by atoms with Crippen molar-refractivity contribution in [3.63, 3.8) is 0 Å². The summed E-state index contributed by atoms with van der Waals surface area (Å²) in [6.45, 7) is 7.17. The zero-order valence-corrected chi connectivity index (χ0v) is 12.7. The van der Waals surface area contributed by atoms with Gasteiger partial charge in [0.15, 0.2) is 0 Å². The molecule has 1 aromatic carbocycles. The summed E-state index contributed by atoms with van der Waals surface area (Å²) in [7, 11) is 1.64. The molecule has 0 fully saturated rings. The molecule has 4 heteroatoms.